The van der Waals surface area contributed by atoms with Crippen molar-refractivity contribution in [2.45, 2.75) is 11.4 Å². The lowest BCUT2D eigenvalue weighted by atomic mass is 9.88. The zero-order valence-corrected chi connectivity index (χ0v) is 12.4. The quantitative estimate of drug-likeness (QED) is 0.784. The number of halogens is 1. The summed E-state index contributed by atoms with van der Waals surface area (Å²) in [6, 6.07) is 4.96. The van der Waals surface area contributed by atoms with Gasteiger partial charge in [0.25, 0.3) is 0 Å². The molecule has 0 radical (unpaired) electrons. The largest absolute Gasteiger partial charge is 0.492 e. The minimum Gasteiger partial charge on any atom is -0.492 e. The van der Waals surface area contributed by atoms with Gasteiger partial charge in [0.1, 0.15) is 35.0 Å². The van der Waals surface area contributed by atoms with Gasteiger partial charge in [-0.05, 0) is 12.1 Å². The molecule has 1 aromatic rings. The van der Waals surface area contributed by atoms with Crippen LogP contribution >= 0.6 is 11.8 Å². The second-order valence-electron chi connectivity index (χ2n) is 5.53. The first kappa shape index (κ1) is 15.1. The first-order valence-electron chi connectivity index (χ1n) is 6.72. The van der Waals surface area contributed by atoms with Gasteiger partial charge in [0.2, 0.25) is 5.91 Å². The molecule has 1 amide bonds. The smallest absolute Gasteiger partial charge is 0.315 e. The molecule has 2 aliphatic heterocycles. The molecular formula is C14H15FN2O4S. The molecule has 8 heteroatoms. The summed E-state index contributed by atoms with van der Waals surface area (Å²) < 4.78 is 18.6. The van der Waals surface area contributed by atoms with Gasteiger partial charge in [0.15, 0.2) is 0 Å². The normalized spacial score (nSPS) is 30.5. The van der Waals surface area contributed by atoms with Crippen molar-refractivity contribution in [3.8, 4) is 5.75 Å². The monoisotopic (exact) mass is 326 g/mol. The van der Waals surface area contributed by atoms with Gasteiger partial charge < -0.3 is 20.5 Å². The Morgan fingerprint density at radius 1 is 1.59 bits per heavy atom. The molecule has 2 saturated heterocycles. The number of hydrogen-bond acceptors (Lipinski definition) is 5. The molecule has 6 nitrogen and oxygen atoms in total. The summed E-state index contributed by atoms with van der Waals surface area (Å²) in [5.74, 6) is -1.18. The van der Waals surface area contributed by atoms with Crippen molar-refractivity contribution >= 4 is 23.6 Å². The van der Waals surface area contributed by atoms with E-state index in [9.17, 15) is 19.1 Å². The fourth-order valence-electron chi connectivity index (χ4n) is 2.59. The minimum absolute atomic E-state index is 0.0574. The molecule has 118 valence electrons. The van der Waals surface area contributed by atoms with Crippen LogP contribution in [0.3, 0.4) is 0 Å². The maximum Gasteiger partial charge on any atom is 0.315 e. The molecule has 22 heavy (non-hydrogen) atoms. The molecule has 1 aromatic carbocycles. The van der Waals surface area contributed by atoms with Gasteiger partial charge in [-0.3, -0.25) is 9.59 Å². The van der Waals surface area contributed by atoms with Gasteiger partial charge in [-0.2, -0.15) is 0 Å². The highest BCUT2D eigenvalue weighted by molar-refractivity contribution is 8.00. The van der Waals surface area contributed by atoms with E-state index in [0.717, 1.165) is 0 Å². The number of amides is 1. The first-order valence-corrected chi connectivity index (χ1v) is 7.77. The van der Waals surface area contributed by atoms with Crippen LogP contribution in [0.25, 0.3) is 0 Å². The predicted octanol–water partition coefficient (Wildman–Crippen LogP) is 0.518. The maximum atomic E-state index is 13.1. The number of nitrogens with two attached hydrogens (primary N) is 1. The second-order valence-corrected chi connectivity index (χ2v) is 6.63. The standard InChI is InChI=1S/C14H15FN2O4S/c15-8-2-1-3-9(4-8)21-6-14(13(19)20)5-17-11(18)10(16)12(17)22-7-14/h1-4,10,12H,5-7,16H2,(H,19,20)/t10?,12-,14?/m1/s1. The number of rotatable bonds is 4. The van der Waals surface area contributed by atoms with E-state index in [-0.39, 0.29) is 30.2 Å². The number of carboxylic acids is 1. The molecule has 0 aliphatic carbocycles. The van der Waals surface area contributed by atoms with Crippen LogP contribution in [0.4, 0.5) is 4.39 Å². The third-order valence-corrected chi connectivity index (χ3v) is 5.56. The summed E-state index contributed by atoms with van der Waals surface area (Å²) >= 11 is 1.34. The summed E-state index contributed by atoms with van der Waals surface area (Å²) in [4.78, 5) is 24.9. The summed E-state index contributed by atoms with van der Waals surface area (Å²) in [5.41, 5.74) is 4.47. The Hall–Kier alpha value is -1.80. The highest BCUT2D eigenvalue weighted by atomic mass is 32.2. The van der Waals surface area contributed by atoms with E-state index in [4.69, 9.17) is 10.5 Å². The summed E-state index contributed by atoms with van der Waals surface area (Å²) in [7, 11) is 0. The van der Waals surface area contributed by atoms with Gasteiger partial charge in [-0.15, -0.1) is 11.8 Å². The van der Waals surface area contributed by atoms with Crippen LogP contribution in [0.5, 0.6) is 5.75 Å². The van der Waals surface area contributed by atoms with Crippen molar-refractivity contribution in [3.63, 3.8) is 0 Å². The minimum atomic E-state index is -1.22. The van der Waals surface area contributed by atoms with Gasteiger partial charge in [0.05, 0.1) is 0 Å². The Bertz CT molecular complexity index is 629. The number of benzene rings is 1. The van der Waals surface area contributed by atoms with E-state index in [2.05, 4.69) is 0 Å². The highest BCUT2D eigenvalue weighted by Crippen LogP contribution is 2.41. The van der Waals surface area contributed by atoms with Crippen LogP contribution in [-0.2, 0) is 9.59 Å². The molecule has 2 aliphatic rings. The van der Waals surface area contributed by atoms with Crippen LogP contribution in [0.15, 0.2) is 24.3 Å². The summed E-state index contributed by atoms with van der Waals surface area (Å²) in [6.45, 7) is -0.0770. The number of β-lactam (4-membered cyclic amide) rings is 1. The fourth-order valence-corrected chi connectivity index (χ4v) is 4.06. The van der Waals surface area contributed by atoms with Gasteiger partial charge in [-0.25, -0.2) is 4.39 Å². The Morgan fingerprint density at radius 2 is 2.36 bits per heavy atom. The average Bonchev–Trinajstić information content (AvgIpc) is 2.51. The van der Waals surface area contributed by atoms with E-state index in [0.29, 0.717) is 5.75 Å². The zero-order valence-electron chi connectivity index (χ0n) is 11.6. The number of carbonyl (C=O) groups excluding carboxylic acids is 1. The summed E-state index contributed by atoms with van der Waals surface area (Å²) in [6.07, 6.45) is 0. The third kappa shape index (κ3) is 2.42. The van der Waals surface area contributed by atoms with Gasteiger partial charge in [-0.1, -0.05) is 6.07 Å². The van der Waals surface area contributed by atoms with Gasteiger partial charge >= 0.3 is 5.97 Å². The van der Waals surface area contributed by atoms with Crippen molar-refractivity contribution in [1.82, 2.24) is 4.90 Å². The molecule has 0 spiro atoms. The van der Waals surface area contributed by atoms with Crippen molar-refractivity contribution in [2.75, 3.05) is 18.9 Å². The number of carbonyl (C=O) groups is 2. The Kier molecular flexibility index (Phi) is 3.73. The maximum absolute atomic E-state index is 13.1. The van der Waals surface area contributed by atoms with Crippen molar-refractivity contribution in [3.05, 3.63) is 30.1 Å². The lowest BCUT2D eigenvalue weighted by Crippen LogP contribution is -2.72. The number of ether oxygens (including phenoxy) is 1. The third-order valence-electron chi connectivity index (χ3n) is 3.95. The van der Waals surface area contributed by atoms with Crippen LogP contribution in [0, 0.1) is 11.2 Å². The second kappa shape index (κ2) is 5.44. The molecule has 3 atom stereocenters. The van der Waals surface area contributed by atoms with Crippen molar-refractivity contribution in [1.29, 1.82) is 0 Å². The molecular weight excluding hydrogens is 311 g/mol. The van der Waals surface area contributed by atoms with Crippen molar-refractivity contribution < 1.29 is 23.8 Å². The SMILES string of the molecule is NC1C(=O)N2CC(COc3cccc(F)c3)(C(=O)O)CS[C@H]12. The molecule has 2 heterocycles. The molecule has 0 saturated carbocycles. The molecule has 3 N–H and O–H groups in total. The fraction of sp³-hybridized carbons (Fsp3) is 0.429. The number of nitrogens with zero attached hydrogens (tertiary/aromatic N) is 1. The summed E-state index contributed by atoms with van der Waals surface area (Å²) in [5, 5.41) is 9.41. The Balaban J connectivity index is 1.73. The van der Waals surface area contributed by atoms with Crippen LogP contribution in [-0.4, -0.2) is 52.2 Å². The van der Waals surface area contributed by atoms with E-state index in [1.165, 1.54) is 34.9 Å². The molecule has 2 fully saturated rings. The van der Waals surface area contributed by atoms with Gasteiger partial charge in [0, 0.05) is 18.4 Å². The lowest BCUT2D eigenvalue weighted by Gasteiger charge is -2.52. The molecule has 3 rings (SSSR count). The Morgan fingerprint density at radius 3 is 3.05 bits per heavy atom. The predicted molar refractivity (Wildman–Crippen MR) is 77.9 cm³/mol. The van der Waals surface area contributed by atoms with Crippen molar-refractivity contribution in [2.24, 2.45) is 11.1 Å². The average molecular weight is 326 g/mol. The molecule has 0 bridgehead atoms. The molecule has 0 aromatic heterocycles. The van der Waals surface area contributed by atoms with E-state index < -0.39 is 23.2 Å². The van der Waals surface area contributed by atoms with E-state index >= 15 is 0 Å². The number of fused-ring (bicyclic) bond motifs is 1. The van der Waals surface area contributed by atoms with Crippen LogP contribution in [0.2, 0.25) is 0 Å². The van der Waals surface area contributed by atoms with E-state index in [1.54, 1.807) is 6.07 Å². The van der Waals surface area contributed by atoms with Crippen LogP contribution in [0.1, 0.15) is 0 Å². The zero-order chi connectivity index (χ0) is 15.9. The Labute approximate surface area is 130 Å². The van der Waals surface area contributed by atoms with Crippen LogP contribution < -0.4 is 10.5 Å². The topological polar surface area (TPSA) is 92.9 Å². The first-order chi connectivity index (χ1) is 10.4. The number of thioether (sulfide) groups is 1. The number of aliphatic carboxylic acids is 1. The van der Waals surface area contributed by atoms with E-state index in [1.807, 2.05) is 0 Å². The molecule has 2 unspecified atom stereocenters. The number of carboxylic acid groups (broad SMARTS) is 1. The lowest BCUT2D eigenvalue weighted by molar-refractivity contribution is -0.158. The highest BCUT2D eigenvalue weighted by Gasteiger charge is 2.56. The number of hydrogen-bond donors (Lipinski definition) is 2.